The molecule has 1 aromatic carbocycles. The van der Waals surface area contributed by atoms with Gasteiger partial charge < -0.3 is 10.1 Å². The van der Waals surface area contributed by atoms with Crippen molar-refractivity contribution in [1.82, 2.24) is 25.2 Å². The van der Waals surface area contributed by atoms with Gasteiger partial charge in [0.25, 0.3) is 0 Å². The minimum atomic E-state index is -0.980. The number of nitrogens with zero attached hydrogens (tertiary/aromatic N) is 4. The summed E-state index contributed by atoms with van der Waals surface area (Å²) in [7, 11) is 0. The molecule has 0 amide bonds. The van der Waals surface area contributed by atoms with Crippen LogP contribution in [0.1, 0.15) is 0 Å². The fourth-order valence-corrected chi connectivity index (χ4v) is 1.84. The molecule has 3 rings (SSSR count). The van der Waals surface area contributed by atoms with Crippen LogP contribution in [-0.4, -0.2) is 36.3 Å². The summed E-state index contributed by atoms with van der Waals surface area (Å²) in [5, 5.41) is 20.8. The van der Waals surface area contributed by atoms with Gasteiger partial charge in [0.1, 0.15) is 6.54 Å². The largest absolute Gasteiger partial charge is 0.480 e. The van der Waals surface area contributed by atoms with Crippen LogP contribution in [0.2, 0.25) is 0 Å². The minimum absolute atomic E-state index is 0.256. The standard InChI is InChI=1S/C11H9N5O2/c17-10(18)6-16-11(13-14-15-16)8-1-2-9-7(5-8)3-4-12-9/h1-5,12H,6H2,(H,17,18). The predicted molar refractivity (Wildman–Crippen MR) is 62.7 cm³/mol. The Labute approximate surface area is 101 Å². The highest BCUT2D eigenvalue weighted by molar-refractivity contribution is 5.83. The van der Waals surface area contributed by atoms with Gasteiger partial charge >= 0.3 is 5.97 Å². The van der Waals surface area contributed by atoms with Crippen LogP contribution in [0.4, 0.5) is 0 Å². The molecule has 0 unspecified atom stereocenters. The van der Waals surface area contributed by atoms with E-state index in [1.165, 1.54) is 4.68 Å². The van der Waals surface area contributed by atoms with Crippen molar-refractivity contribution in [3.05, 3.63) is 30.5 Å². The van der Waals surface area contributed by atoms with Crippen molar-refractivity contribution in [2.75, 3.05) is 0 Å². The Balaban J connectivity index is 2.08. The Morgan fingerprint density at radius 3 is 3.11 bits per heavy atom. The topological polar surface area (TPSA) is 96.7 Å². The zero-order valence-corrected chi connectivity index (χ0v) is 9.24. The third-order valence-electron chi connectivity index (χ3n) is 2.63. The lowest BCUT2D eigenvalue weighted by molar-refractivity contribution is -0.137. The van der Waals surface area contributed by atoms with E-state index in [0.29, 0.717) is 5.82 Å². The summed E-state index contributed by atoms with van der Waals surface area (Å²) in [5.74, 6) is -0.535. The van der Waals surface area contributed by atoms with E-state index in [-0.39, 0.29) is 6.54 Å². The van der Waals surface area contributed by atoms with Crippen LogP contribution in [0.25, 0.3) is 22.3 Å². The summed E-state index contributed by atoms with van der Waals surface area (Å²) in [6.45, 7) is -0.256. The number of fused-ring (bicyclic) bond motifs is 1. The molecule has 0 aliphatic rings. The maximum atomic E-state index is 10.7. The van der Waals surface area contributed by atoms with Gasteiger partial charge in [-0.3, -0.25) is 4.79 Å². The second kappa shape index (κ2) is 3.95. The van der Waals surface area contributed by atoms with Gasteiger partial charge in [-0.05, 0) is 34.7 Å². The monoisotopic (exact) mass is 243 g/mol. The Morgan fingerprint density at radius 2 is 2.28 bits per heavy atom. The van der Waals surface area contributed by atoms with E-state index in [9.17, 15) is 4.79 Å². The lowest BCUT2D eigenvalue weighted by Gasteiger charge is -2.01. The summed E-state index contributed by atoms with van der Waals surface area (Å²) in [4.78, 5) is 13.8. The van der Waals surface area contributed by atoms with Crippen molar-refractivity contribution in [1.29, 1.82) is 0 Å². The third kappa shape index (κ3) is 1.71. The zero-order chi connectivity index (χ0) is 12.5. The van der Waals surface area contributed by atoms with Crippen molar-refractivity contribution in [3.63, 3.8) is 0 Å². The van der Waals surface area contributed by atoms with Gasteiger partial charge in [-0.1, -0.05) is 0 Å². The van der Waals surface area contributed by atoms with Crippen molar-refractivity contribution in [2.45, 2.75) is 6.54 Å². The normalized spacial score (nSPS) is 10.9. The van der Waals surface area contributed by atoms with Gasteiger partial charge in [0.15, 0.2) is 5.82 Å². The van der Waals surface area contributed by atoms with Crippen LogP contribution in [-0.2, 0) is 11.3 Å². The molecular formula is C11H9N5O2. The summed E-state index contributed by atoms with van der Waals surface area (Å²) < 4.78 is 1.26. The highest BCUT2D eigenvalue weighted by Crippen LogP contribution is 2.21. The van der Waals surface area contributed by atoms with Crippen LogP contribution < -0.4 is 0 Å². The lowest BCUT2D eigenvalue weighted by atomic mass is 10.1. The Bertz CT molecular complexity index is 715. The molecule has 18 heavy (non-hydrogen) atoms. The van der Waals surface area contributed by atoms with Gasteiger partial charge in [-0.2, -0.15) is 0 Å². The first-order chi connectivity index (χ1) is 8.74. The number of tetrazole rings is 1. The van der Waals surface area contributed by atoms with E-state index >= 15 is 0 Å². The Hall–Kier alpha value is -2.70. The average molecular weight is 243 g/mol. The molecule has 2 aromatic heterocycles. The molecule has 0 aliphatic carbocycles. The SMILES string of the molecule is O=C(O)Cn1nnnc1-c1ccc2[nH]ccc2c1. The highest BCUT2D eigenvalue weighted by Gasteiger charge is 2.11. The minimum Gasteiger partial charge on any atom is -0.480 e. The predicted octanol–water partition coefficient (Wildman–Crippen LogP) is 0.906. The van der Waals surface area contributed by atoms with Crippen LogP contribution >= 0.6 is 0 Å². The second-order valence-corrected chi connectivity index (χ2v) is 3.83. The van der Waals surface area contributed by atoms with E-state index in [1.54, 1.807) is 0 Å². The number of hydrogen-bond acceptors (Lipinski definition) is 4. The van der Waals surface area contributed by atoms with E-state index in [4.69, 9.17) is 5.11 Å². The Morgan fingerprint density at radius 1 is 1.39 bits per heavy atom. The van der Waals surface area contributed by atoms with Crippen LogP contribution in [0.5, 0.6) is 0 Å². The van der Waals surface area contributed by atoms with Crippen molar-refractivity contribution < 1.29 is 9.90 Å². The third-order valence-corrected chi connectivity index (χ3v) is 2.63. The molecule has 0 fully saturated rings. The first-order valence-corrected chi connectivity index (χ1v) is 5.29. The molecule has 2 heterocycles. The number of aromatic amines is 1. The number of nitrogens with one attached hydrogen (secondary N) is 1. The molecule has 0 atom stereocenters. The molecule has 0 saturated carbocycles. The quantitative estimate of drug-likeness (QED) is 0.712. The number of aromatic nitrogens is 5. The molecule has 7 nitrogen and oxygen atoms in total. The summed E-state index contributed by atoms with van der Waals surface area (Å²) in [6, 6.07) is 7.60. The molecule has 0 bridgehead atoms. The number of carboxylic acid groups (broad SMARTS) is 1. The van der Waals surface area contributed by atoms with E-state index in [0.717, 1.165) is 16.5 Å². The molecule has 7 heteroatoms. The number of aliphatic carboxylic acids is 1. The number of benzene rings is 1. The molecule has 90 valence electrons. The molecule has 0 aliphatic heterocycles. The number of hydrogen-bond donors (Lipinski definition) is 2. The average Bonchev–Trinajstić information content (AvgIpc) is 2.95. The second-order valence-electron chi connectivity index (χ2n) is 3.83. The zero-order valence-electron chi connectivity index (χ0n) is 9.24. The fourth-order valence-electron chi connectivity index (χ4n) is 1.84. The number of carboxylic acids is 1. The first-order valence-electron chi connectivity index (χ1n) is 5.29. The lowest BCUT2D eigenvalue weighted by Crippen LogP contribution is -2.11. The highest BCUT2D eigenvalue weighted by atomic mass is 16.4. The number of rotatable bonds is 3. The summed E-state index contributed by atoms with van der Waals surface area (Å²) in [6.07, 6.45) is 1.84. The van der Waals surface area contributed by atoms with Crippen LogP contribution in [0.15, 0.2) is 30.5 Å². The van der Waals surface area contributed by atoms with Crippen LogP contribution in [0.3, 0.4) is 0 Å². The van der Waals surface area contributed by atoms with Gasteiger partial charge in [0.2, 0.25) is 0 Å². The van der Waals surface area contributed by atoms with E-state index in [1.807, 2.05) is 30.5 Å². The van der Waals surface area contributed by atoms with Gasteiger partial charge in [0.05, 0.1) is 0 Å². The molecular weight excluding hydrogens is 234 g/mol. The summed E-state index contributed by atoms with van der Waals surface area (Å²) in [5.41, 5.74) is 1.80. The molecule has 0 radical (unpaired) electrons. The maximum absolute atomic E-state index is 10.7. The smallest absolute Gasteiger partial charge is 0.325 e. The van der Waals surface area contributed by atoms with Gasteiger partial charge in [0, 0.05) is 22.7 Å². The fraction of sp³-hybridized carbons (Fsp3) is 0.0909. The van der Waals surface area contributed by atoms with Crippen molar-refractivity contribution in [2.24, 2.45) is 0 Å². The van der Waals surface area contributed by atoms with Gasteiger partial charge in [-0.25, -0.2) is 4.68 Å². The number of carbonyl (C=O) groups is 1. The molecule has 0 saturated heterocycles. The Kier molecular flexibility index (Phi) is 2.30. The molecule has 2 N–H and O–H groups in total. The first kappa shape index (κ1) is 10.5. The number of H-pyrrole nitrogens is 1. The van der Waals surface area contributed by atoms with E-state index in [2.05, 4.69) is 20.5 Å². The van der Waals surface area contributed by atoms with Gasteiger partial charge in [-0.15, -0.1) is 5.10 Å². The van der Waals surface area contributed by atoms with Crippen molar-refractivity contribution in [3.8, 4) is 11.4 Å². The van der Waals surface area contributed by atoms with E-state index < -0.39 is 5.97 Å². The maximum Gasteiger partial charge on any atom is 0.325 e. The van der Waals surface area contributed by atoms with Crippen molar-refractivity contribution >= 4 is 16.9 Å². The van der Waals surface area contributed by atoms with Crippen LogP contribution in [0, 0.1) is 0 Å². The molecule has 0 spiro atoms. The molecule has 3 aromatic rings. The summed E-state index contributed by atoms with van der Waals surface area (Å²) >= 11 is 0.